The van der Waals surface area contributed by atoms with Gasteiger partial charge in [0.05, 0.1) is 26.3 Å². The van der Waals surface area contributed by atoms with Crippen LogP contribution in [0.2, 0.25) is 5.02 Å². The first-order valence-electron chi connectivity index (χ1n) is 6.94. The largest absolute Gasteiger partial charge is 0.449 e. The van der Waals surface area contributed by atoms with Gasteiger partial charge in [-0.3, -0.25) is 9.00 Å². The quantitative estimate of drug-likeness (QED) is 0.822. The van der Waals surface area contributed by atoms with Gasteiger partial charge in [-0.25, -0.2) is 9.78 Å². The van der Waals surface area contributed by atoms with Gasteiger partial charge in [0.15, 0.2) is 6.10 Å². The van der Waals surface area contributed by atoms with Crippen molar-refractivity contribution in [3.05, 3.63) is 53.2 Å². The number of esters is 1. The van der Waals surface area contributed by atoms with E-state index < -0.39 is 28.8 Å². The minimum atomic E-state index is -1.34. The van der Waals surface area contributed by atoms with Crippen molar-refractivity contribution >= 4 is 40.1 Å². The van der Waals surface area contributed by atoms with Crippen LogP contribution in [0.3, 0.4) is 0 Å². The Kier molecular flexibility index (Phi) is 6.05. The van der Waals surface area contributed by atoms with Crippen molar-refractivity contribution in [2.75, 3.05) is 11.6 Å². The molecule has 0 aliphatic heterocycles. The van der Waals surface area contributed by atoms with E-state index in [1.165, 1.54) is 31.5 Å². The Morgan fingerprint density at radius 3 is 2.58 bits per heavy atom. The molecule has 2 aromatic rings. The lowest BCUT2D eigenvalue weighted by Crippen LogP contribution is -2.30. The standard InChI is InChI=1S/C16H15ClN2O4S/c1-10(15(20)19-14-8-7-11(17)9-18-14)23-16(21)12-5-3-4-6-13(12)24(2)22/h3-10H,1-2H3,(H,18,19,20)/t10-,24+/m0/s1. The summed E-state index contributed by atoms with van der Waals surface area (Å²) >= 11 is 5.72. The van der Waals surface area contributed by atoms with E-state index in [-0.39, 0.29) is 5.56 Å². The molecule has 0 radical (unpaired) electrons. The van der Waals surface area contributed by atoms with Gasteiger partial charge >= 0.3 is 5.97 Å². The molecule has 6 nitrogen and oxygen atoms in total. The molecule has 126 valence electrons. The van der Waals surface area contributed by atoms with E-state index in [0.29, 0.717) is 15.7 Å². The van der Waals surface area contributed by atoms with Gasteiger partial charge in [0.2, 0.25) is 0 Å². The molecule has 1 aromatic carbocycles. The number of nitrogens with one attached hydrogen (secondary N) is 1. The number of anilines is 1. The molecule has 1 N–H and O–H groups in total. The van der Waals surface area contributed by atoms with Gasteiger partial charge in [0.1, 0.15) is 5.82 Å². The molecule has 1 heterocycles. The number of hydrogen-bond donors (Lipinski definition) is 1. The Morgan fingerprint density at radius 2 is 1.96 bits per heavy atom. The third-order valence-electron chi connectivity index (χ3n) is 3.05. The molecule has 0 aliphatic carbocycles. The first-order valence-corrected chi connectivity index (χ1v) is 8.88. The van der Waals surface area contributed by atoms with Crippen LogP contribution in [0.4, 0.5) is 5.82 Å². The summed E-state index contributed by atoms with van der Waals surface area (Å²) in [5.41, 5.74) is 0.169. The first-order chi connectivity index (χ1) is 11.4. The van der Waals surface area contributed by atoms with Gasteiger partial charge in [0, 0.05) is 12.5 Å². The van der Waals surface area contributed by atoms with E-state index in [9.17, 15) is 13.8 Å². The summed E-state index contributed by atoms with van der Waals surface area (Å²) in [6, 6.07) is 9.50. The van der Waals surface area contributed by atoms with Crippen LogP contribution >= 0.6 is 11.6 Å². The van der Waals surface area contributed by atoms with Crippen LogP contribution in [0.25, 0.3) is 0 Å². The van der Waals surface area contributed by atoms with Crippen molar-refractivity contribution in [2.24, 2.45) is 0 Å². The number of carbonyl (C=O) groups is 2. The third-order valence-corrected chi connectivity index (χ3v) is 4.25. The van der Waals surface area contributed by atoms with E-state index >= 15 is 0 Å². The number of aromatic nitrogens is 1. The molecule has 1 aromatic heterocycles. The smallest absolute Gasteiger partial charge is 0.340 e. The number of rotatable bonds is 5. The van der Waals surface area contributed by atoms with Gasteiger partial charge in [-0.05, 0) is 31.2 Å². The first kappa shape index (κ1) is 18.1. The van der Waals surface area contributed by atoms with Crippen molar-refractivity contribution in [1.82, 2.24) is 4.98 Å². The summed E-state index contributed by atoms with van der Waals surface area (Å²) in [7, 11) is -1.34. The lowest BCUT2D eigenvalue weighted by Gasteiger charge is -2.14. The zero-order valence-corrected chi connectivity index (χ0v) is 14.6. The zero-order valence-electron chi connectivity index (χ0n) is 13.0. The Labute approximate surface area is 146 Å². The lowest BCUT2D eigenvalue weighted by molar-refractivity contribution is -0.123. The summed E-state index contributed by atoms with van der Waals surface area (Å²) in [5, 5.41) is 2.96. The number of ether oxygens (including phenoxy) is 1. The molecule has 0 unspecified atom stereocenters. The minimum Gasteiger partial charge on any atom is -0.449 e. The summed E-state index contributed by atoms with van der Waals surface area (Å²) in [5.74, 6) is -0.955. The summed E-state index contributed by atoms with van der Waals surface area (Å²) in [6.45, 7) is 1.44. The average molecular weight is 367 g/mol. The predicted molar refractivity (Wildman–Crippen MR) is 91.5 cm³/mol. The Hall–Kier alpha value is -2.25. The molecule has 0 spiro atoms. The second kappa shape index (κ2) is 8.03. The fourth-order valence-corrected chi connectivity index (χ4v) is 2.68. The number of halogens is 1. The molecule has 1 amide bonds. The van der Waals surface area contributed by atoms with Gasteiger partial charge in [-0.2, -0.15) is 0 Å². The Morgan fingerprint density at radius 1 is 1.25 bits per heavy atom. The lowest BCUT2D eigenvalue weighted by atomic mass is 10.2. The number of carbonyl (C=O) groups excluding carboxylic acids is 2. The van der Waals surface area contributed by atoms with E-state index in [1.807, 2.05) is 0 Å². The van der Waals surface area contributed by atoms with Crippen LogP contribution in [-0.2, 0) is 20.3 Å². The maximum absolute atomic E-state index is 12.2. The highest BCUT2D eigenvalue weighted by Crippen LogP contribution is 2.15. The second-order valence-electron chi connectivity index (χ2n) is 4.85. The molecule has 0 saturated heterocycles. The molecule has 24 heavy (non-hydrogen) atoms. The van der Waals surface area contributed by atoms with Crippen molar-refractivity contribution in [1.29, 1.82) is 0 Å². The molecule has 0 bridgehead atoms. The fraction of sp³-hybridized carbons (Fsp3) is 0.188. The molecule has 0 fully saturated rings. The molecule has 2 rings (SSSR count). The van der Waals surface area contributed by atoms with Crippen molar-refractivity contribution in [2.45, 2.75) is 17.9 Å². The van der Waals surface area contributed by atoms with Crippen LogP contribution in [0, 0.1) is 0 Å². The van der Waals surface area contributed by atoms with Crippen LogP contribution in [0.5, 0.6) is 0 Å². The fourth-order valence-electron chi connectivity index (χ4n) is 1.84. The van der Waals surface area contributed by atoms with E-state index in [1.54, 1.807) is 24.3 Å². The van der Waals surface area contributed by atoms with Crippen LogP contribution < -0.4 is 5.32 Å². The van der Waals surface area contributed by atoms with E-state index in [2.05, 4.69) is 10.3 Å². The maximum atomic E-state index is 12.2. The highest BCUT2D eigenvalue weighted by molar-refractivity contribution is 7.84. The molecule has 0 saturated carbocycles. The maximum Gasteiger partial charge on any atom is 0.340 e. The van der Waals surface area contributed by atoms with Gasteiger partial charge in [-0.1, -0.05) is 23.7 Å². The molecule has 8 heteroatoms. The minimum absolute atomic E-state index is 0.169. The zero-order chi connectivity index (χ0) is 17.7. The van der Waals surface area contributed by atoms with Crippen molar-refractivity contribution < 1.29 is 18.5 Å². The summed E-state index contributed by atoms with van der Waals surface area (Å²) in [4.78, 5) is 28.6. The van der Waals surface area contributed by atoms with Gasteiger partial charge in [-0.15, -0.1) is 0 Å². The predicted octanol–water partition coefficient (Wildman–Crippen LogP) is 2.66. The van der Waals surface area contributed by atoms with Gasteiger partial charge < -0.3 is 10.1 Å². The highest BCUT2D eigenvalue weighted by Gasteiger charge is 2.21. The summed E-state index contributed by atoms with van der Waals surface area (Å²) in [6.07, 6.45) is 1.81. The average Bonchev–Trinajstić information content (AvgIpc) is 2.56. The van der Waals surface area contributed by atoms with Crippen LogP contribution in [0.15, 0.2) is 47.5 Å². The molecular formula is C16H15ClN2O4S. The monoisotopic (exact) mass is 366 g/mol. The highest BCUT2D eigenvalue weighted by atomic mass is 35.5. The van der Waals surface area contributed by atoms with Crippen LogP contribution in [-0.4, -0.2) is 33.4 Å². The third kappa shape index (κ3) is 4.62. The molecular weight excluding hydrogens is 352 g/mol. The number of hydrogen-bond acceptors (Lipinski definition) is 5. The van der Waals surface area contributed by atoms with Crippen molar-refractivity contribution in [3.8, 4) is 0 Å². The Balaban J connectivity index is 2.04. The Bertz CT molecular complexity index is 780. The normalized spacial score (nSPS) is 13.0. The van der Waals surface area contributed by atoms with Gasteiger partial charge in [0.25, 0.3) is 5.91 Å². The molecule has 2 atom stereocenters. The molecule has 0 aliphatic rings. The second-order valence-corrected chi connectivity index (χ2v) is 6.63. The van der Waals surface area contributed by atoms with Crippen LogP contribution in [0.1, 0.15) is 17.3 Å². The topological polar surface area (TPSA) is 85.4 Å². The SMILES string of the molecule is C[C@H](OC(=O)c1ccccc1[S@@](C)=O)C(=O)Nc1ccc(Cl)cn1. The summed E-state index contributed by atoms with van der Waals surface area (Å²) < 4.78 is 16.8. The number of nitrogens with zero attached hydrogens (tertiary/aromatic N) is 1. The van der Waals surface area contributed by atoms with E-state index in [0.717, 1.165) is 0 Å². The number of amides is 1. The number of benzene rings is 1. The van der Waals surface area contributed by atoms with Crippen molar-refractivity contribution in [3.63, 3.8) is 0 Å². The number of pyridine rings is 1. The van der Waals surface area contributed by atoms with E-state index in [4.69, 9.17) is 16.3 Å².